The van der Waals surface area contributed by atoms with Crippen molar-refractivity contribution in [1.29, 1.82) is 0 Å². The Balaban J connectivity index is 4.94. The molecule has 4 nitrogen and oxygen atoms in total. The average Bonchev–Trinajstić information content (AvgIpc) is 2.54. The topological polar surface area (TPSA) is 57.5 Å². The van der Waals surface area contributed by atoms with E-state index >= 15 is 0 Å². The van der Waals surface area contributed by atoms with Crippen LogP contribution in [0.15, 0.2) is 12.0 Å². The molecule has 4 heteroatoms. The summed E-state index contributed by atoms with van der Waals surface area (Å²) < 4.78 is 0.745. The van der Waals surface area contributed by atoms with E-state index in [0.29, 0.717) is 12.2 Å². The van der Waals surface area contributed by atoms with Gasteiger partial charge in [-0.05, 0) is 19.3 Å². The molecule has 0 aliphatic rings. The molecule has 0 atom stereocenters. The summed E-state index contributed by atoms with van der Waals surface area (Å²) in [6, 6.07) is 0. The van der Waals surface area contributed by atoms with Gasteiger partial charge in [-0.25, -0.2) is 0 Å². The number of rotatable bonds is 16. The van der Waals surface area contributed by atoms with E-state index in [1.165, 1.54) is 12.8 Å². The fraction of sp³-hybridized carbons (Fsp3) is 0.850. The summed E-state index contributed by atoms with van der Waals surface area (Å²) in [5.41, 5.74) is 0. The van der Waals surface area contributed by atoms with E-state index in [2.05, 4.69) is 20.8 Å². The second-order valence-corrected chi connectivity index (χ2v) is 7.02. The van der Waals surface area contributed by atoms with E-state index in [9.17, 15) is 9.90 Å². The minimum Gasteiger partial charge on any atom is -0.507 e. The van der Waals surface area contributed by atoms with Crippen LogP contribution in [0.5, 0.6) is 0 Å². The first kappa shape index (κ1) is 23.0. The molecule has 0 amide bonds. The number of aliphatic carboxylic acids is 1. The minimum atomic E-state index is -0.730. The summed E-state index contributed by atoms with van der Waals surface area (Å²) in [5.74, 6) is -0.236. The highest BCUT2D eigenvalue weighted by atomic mass is 16.4. The fourth-order valence-electron chi connectivity index (χ4n) is 3.13. The van der Waals surface area contributed by atoms with E-state index in [0.717, 1.165) is 69.1 Å². The van der Waals surface area contributed by atoms with Crippen LogP contribution in [0.3, 0.4) is 0 Å². The zero-order chi connectivity index (χ0) is 18.3. The molecule has 0 aromatic heterocycles. The second kappa shape index (κ2) is 14.3. The lowest BCUT2D eigenvalue weighted by Gasteiger charge is -2.35. The van der Waals surface area contributed by atoms with Crippen LogP contribution in [0.2, 0.25) is 0 Å². The molecular formula is C20H40NO3+. The molecule has 142 valence electrons. The molecule has 0 spiro atoms. The van der Waals surface area contributed by atoms with Crippen molar-refractivity contribution >= 4 is 5.97 Å². The van der Waals surface area contributed by atoms with E-state index in [1.807, 2.05) is 6.20 Å². The first-order valence-corrected chi connectivity index (χ1v) is 9.98. The van der Waals surface area contributed by atoms with Gasteiger partial charge in [0, 0.05) is 12.8 Å². The van der Waals surface area contributed by atoms with Gasteiger partial charge in [0.25, 0.3) is 0 Å². The molecule has 0 saturated heterocycles. The standard InChI is InChI=1S/C20H39NO3/c1-4-7-10-11-13-19(22)18-21(15-8-5-2,16-9-6-3)17-12-14-20(23)24/h18H,4-17H2,1-3H3,(H-,22,23,24)/p+1/b19-18-. The molecule has 0 aromatic carbocycles. The number of quaternary nitrogens is 1. The van der Waals surface area contributed by atoms with Crippen molar-refractivity contribution in [3.8, 4) is 0 Å². The Hall–Kier alpha value is -1.03. The third-order valence-electron chi connectivity index (χ3n) is 4.62. The van der Waals surface area contributed by atoms with Crippen molar-refractivity contribution in [1.82, 2.24) is 0 Å². The van der Waals surface area contributed by atoms with Gasteiger partial charge in [0.15, 0.2) is 0 Å². The number of hydrogen-bond acceptors (Lipinski definition) is 2. The van der Waals surface area contributed by atoms with Crippen LogP contribution >= 0.6 is 0 Å². The fourth-order valence-corrected chi connectivity index (χ4v) is 3.13. The molecule has 0 bridgehead atoms. The van der Waals surface area contributed by atoms with Crippen LogP contribution in [-0.4, -0.2) is 40.3 Å². The highest BCUT2D eigenvalue weighted by Gasteiger charge is 2.25. The Bertz CT molecular complexity index is 345. The molecule has 0 heterocycles. The molecule has 0 radical (unpaired) electrons. The van der Waals surface area contributed by atoms with Crippen LogP contribution in [0, 0.1) is 0 Å². The monoisotopic (exact) mass is 342 g/mol. The van der Waals surface area contributed by atoms with Gasteiger partial charge in [-0.3, -0.25) is 9.28 Å². The Morgan fingerprint density at radius 3 is 1.79 bits per heavy atom. The molecule has 24 heavy (non-hydrogen) atoms. The van der Waals surface area contributed by atoms with Crippen LogP contribution in [0.1, 0.15) is 91.4 Å². The lowest BCUT2D eigenvalue weighted by Crippen LogP contribution is -2.45. The summed E-state index contributed by atoms with van der Waals surface area (Å²) >= 11 is 0. The van der Waals surface area contributed by atoms with Gasteiger partial charge >= 0.3 is 5.97 Å². The van der Waals surface area contributed by atoms with Crippen LogP contribution < -0.4 is 0 Å². The smallest absolute Gasteiger partial charge is 0.303 e. The Labute approximate surface area is 149 Å². The van der Waals surface area contributed by atoms with Gasteiger partial charge in [0.05, 0.1) is 26.1 Å². The van der Waals surface area contributed by atoms with Gasteiger partial charge in [-0.1, -0.05) is 52.9 Å². The number of hydrogen-bond donors (Lipinski definition) is 2. The van der Waals surface area contributed by atoms with Crippen molar-refractivity contribution in [2.45, 2.75) is 91.4 Å². The highest BCUT2D eigenvalue weighted by molar-refractivity contribution is 5.66. The van der Waals surface area contributed by atoms with Crippen LogP contribution in [0.25, 0.3) is 0 Å². The van der Waals surface area contributed by atoms with Crippen molar-refractivity contribution < 1.29 is 19.5 Å². The highest BCUT2D eigenvalue weighted by Crippen LogP contribution is 2.19. The van der Waals surface area contributed by atoms with Crippen molar-refractivity contribution in [2.24, 2.45) is 0 Å². The summed E-state index contributed by atoms with van der Waals surface area (Å²) in [6.07, 6.45) is 12.7. The molecule has 0 unspecified atom stereocenters. The number of nitrogens with zero attached hydrogens (tertiary/aromatic N) is 1. The van der Waals surface area contributed by atoms with E-state index in [4.69, 9.17) is 5.11 Å². The number of carboxylic acid groups (broad SMARTS) is 1. The number of allylic oxidation sites excluding steroid dienone is 1. The first-order valence-electron chi connectivity index (χ1n) is 9.98. The van der Waals surface area contributed by atoms with Crippen molar-refractivity contribution in [3.63, 3.8) is 0 Å². The number of carbonyl (C=O) groups is 1. The molecule has 0 saturated carbocycles. The summed E-state index contributed by atoms with van der Waals surface area (Å²) in [7, 11) is 0. The Morgan fingerprint density at radius 1 is 0.750 bits per heavy atom. The summed E-state index contributed by atoms with van der Waals surface area (Å²) in [6.45, 7) is 9.35. The van der Waals surface area contributed by atoms with E-state index in [-0.39, 0.29) is 6.42 Å². The predicted octanol–water partition coefficient (Wildman–Crippen LogP) is 5.64. The maximum atomic E-state index is 10.9. The number of unbranched alkanes of at least 4 members (excludes halogenated alkanes) is 5. The van der Waals surface area contributed by atoms with Crippen LogP contribution in [-0.2, 0) is 4.79 Å². The zero-order valence-corrected chi connectivity index (χ0v) is 16.2. The number of aliphatic hydroxyl groups excluding tert-OH is 1. The van der Waals surface area contributed by atoms with Gasteiger partial charge in [-0.15, -0.1) is 0 Å². The molecule has 0 aromatic rings. The molecule has 0 aliphatic heterocycles. The SMILES string of the molecule is CCCCCC/C(O)=C/[N+](CCCC)(CCCC)CCCC(=O)O. The largest absolute Gasteiger partial charge is 0.507 e. The lowest BCUT2D eigenvalue weighted by molar-refractivity contribution is -0.881. The predicted molar refractivity (Wildman–Crippen MR) is 101 cm³/mol. The van der Waals surface area contributed by atoms with Crippen molar-refractivity contribution in [3.05, 3.63) is 12.0 Å². The molecule has 0 aliphatic carbocycles. The third-order valence-corrected chi connectivity index (χ3v) is 4.62. The average molecular weight is 343 g/mol. The van der Waals surface area contributed by atoms with Crippen molar-refractivity contribution in [2.75, 3.05) is 19.6 Å². The van der Waals surface area contributed by atoms with Gasteiger partial charge in [0.1, 0.15) is 12.0 Å². The lowest BCUT2D eigenvalue weighted by atomic mass is 10.1. The van der Waals surface area contributed by atoms with E-state index in [1.54, 1.807) is 0 Å². The third kappa shape index (κ3) is 11.5. The maximum Gasteiger partial charge on any atom is 0.303 e. The first-order chi connectivity index (χ1) is 11.5. The summed E-state index contributed by atoms with van der Waals surface area (Å²) in [5, 5.41) is 19.4. The Morgan fingerprint density at radius 2 is 1.29 bits per heavy atom. The molecule has 0 rings (SSSR count). The van der Waals surface area contributed by atoms with Crippen LogP contribution in [0.4, 0.5) is 0 Å². The van der Waals surface area contributed by atoms with Gasteiger partial charge in [-0.2, -0.15) is 0 Å². The van der Waals surface area contributed by atoms with Gasteiger partial charge in [0.2, 0.25) is 0 Å². The second-order valence-electron chi connectivity index (χ2n) is 7.02. The summed E-state index contributed by atoms with van der Waals surface area (Å²) in [4.78, 5) is 10.9. The maximum absolute atomic E-state index is 10.9. The minimum absolute atomic E-state index is 0.212. The van der Waals surface area contributed by atoms with Gasteiger partial charge < -0.3 is 10.2 Å². The number of aliphatic hydroxyl groups is 1. The molecular weight excluding hydrogens is 302 g/mol. The normalized spacial score (nSPS) is 12.5. The zero-order valence-electron chi connectivity index (χ0n) is 16.2. The Kier molecular flexibility index (Phi) is 13.7. The number of carboxylic acids is 1. The molecule has 0 fully saturated rings. The molecule has 2 N–H and O–H groups in total. The quantitative estimate of drug-likeness (QED) is 0.217. The van der Waals surface area contributed by atoms with E-state index < -0.39 is 5.97 Å².